The highest BCUT2D eigenvalue weighted by atomic mass is 15.1. The molecule has 0 aromatic heterocycles. The van der Waals surface area contributed by atoms with Crippen molar-refractivity contribution in [2.45, 2.75) is 5.41 Å². The molecular weight excluding hydrogens is 699 g/mol. The fourth-order valence-corrected chi connectivity index (χ4v) is 9.62. The van der Waals surface area contributed by atoms with Gasteiger partial charge in [-0.05, 0) is 108 Å². The van der Waals surface area contributed by atoms with Crippen LogP contribution in [0.15, 0.2) is 237 Å². The Morgan fingerprint density at radius 1 is 0.310 bits per heavy atom. The Labute approximate surface area is 339 Å². The Kier molecular flexibility index (Phi) is 8.12. The van der Waals surface area contributed by atoms with E-state index in [-0.39, 0.29) is 0 Å². The van der Waals surface area contributed by atoms with Crippen LogP contribution in [0.3, 0.4) is 0 Å². The summed E-state index contributed by atoms with van der Waals surface area (Å²) in [4.78, 5) is 2.44. The van der Waals surface area contributed by atoms with Crippen LogP contribution in [0.25, 0.3) is 54.9 Å². The molecular formula is C57H39N. The summed E-state index contributed by atoms with van der Waals surface area (Å²) in [5.74, 6) is 0. The lowest BCUT2D eigenvalue weighted by Crippen LogP contribution is -2.28. The molecule has 1 nitrogen and oxygen atoms in total. The van der Waals surface area contributed by atoms with Crippen LogP contribution in [0.5, 0.6) is 0 Å². The second kappa shape index (κ2) is 13.9. The van der Waals surface area contributed by atoms with Gasteiger partial charge in [0.1, 0.15) is 0 Å². The van der Waals surface area contributed by atoms with Crippen molar-refractivity contribution in [2.75, 3.05) is 4.90 Å². The molecule has 1 aliphatic rings. The monoisotopic (exact) mass is 737 g/mol. The fraction of sp³-hybridized carbons (Fsp3) is 0.0175. The number of benzene rings is 10. The van der Waals surface area contributed by atoms with E-state index in [1.165, 1.54) is 77.2 Å². The van der Waals surface area contributed by atoms with E-state index in [9.17, 15) is 0 Å². The highest BCUT2D eigenvalue weighted by molar-refractivity contribution is 6.08. The molecule has 0 bridgehead atoms. The maximum Gasteiger partial charge on any atom is 0.0714 e. The lowest BCUT2D eigenvalue weighted by Gasteiger charge is -2.34. The quantitative estimate of drug-likeness (QED) is 0.147. The van der Waals surface area contributed by atoms with Gasteiger partial charge in [0, 0.05) is 16.9 Å². The highest BCUT2D eigenvalue weighted by Crippen LogP contribution is 2.59. The summed E-state index contributed by atoms with van der Waals surface area (Å²) in [5.41, 5.74) is 15.4. The molecule has 0 unspecified atom stereocenters. The van der Waals surface area contributed by atoms with Crippen molar-refractivity contribution in [1.82, 2.24) is 0 Å². The summed E-state index contributed by atoms with van der Waals surface area (Å²) in [6.07, 6.45) is 0. The molecule has 0 aliphatic heterocycles. The van der Waals surface area contributed by atoms with Crippen molar-refractivity contribution in [2.24, 2.45) is 0 Å². The van der Waals surface area contributed by atoms with Crippen LogP contribution in [0, 0.1) is 0 Å². The Balaban J connectivity index is 1.06. The summed E-state index contributed by atoms with van der Waals surface area (Å²) >= 11 is 0. The summed E-state index contributed by atoms with van der Waals surface area (Å²) in [6, 6.07) is 86.7. The number of hydrogen-bond donors (Lipinski definition) is 0. The van der Waals surface area contributed by atoms with Crippen LogP contribution in [0.1, 0.15) is 22.3 Å². The number of hydrogen-bond acceptors (Lipinski definition) is 1. The van der Waals surface area contributed by atoms with Crippen molar-refractivity contribution in [3.8, 4) is 33.4 Å². The first-order valence-corrected chi connectivity index (χ1v) is 20.1. The lowest BCUT2D eigenvalue weighted by atomic mass is 9.68. The zero-order valence-electron chi connectivity index (χ0n) is 32.0. The number of para-hydroxylation sites is 1. The van der Waals surface area contributed by atoms with Gasteiger partial charge in [0.2, 0.25) is 0 Å². The third-order valence-electron chi connectivity index (χ3n) is 12.1. The molecule has 0 radical (unpaired) electrons. The third-order valence-corrected chi connectivity index (χ3v) is 12.1. The zero-order chi connectivity index (χ0) is 38.5. The normalized spacial score (nSPS) is 12.6. The molecule has 1 heteroatoms. The molecule has 0 amide bonds. The molecule has 10 aromatic carbocycles. The van der Waals surface area contributed by atoms with Crippen LogP contribution in [0.2, 0.25) is 0 Å². The van der Waals surface area contributed by atoms with E-state index in [1.54, 1.807) is 0 Å². The first kappa shape index (κ1) is 33.8. The first-order chi connectivity index (χ1) is 28.8. The molecule has 0 heterocycles. The minimum absolute atomic E-state index is 0.476. The van der Waals surface area contributed by atoms with Gasteiger partial charge in [-0.15, -0.1) is 0 Å². The molecule has 11 rings (SSSR count). The van der Waals surface area contributed by atoms with Crippen LogP contribution in [-0.4, -0.2) is 0 Å². The van der Waals surface area contributed by atoms with Gasteiger partial charge in [-0.3, -0.25) is 0 Å². The van der Waals surface area contributed by atoms with E-state index >= 15 is 0 Å². The van der Waals surface area contributed by atoms with Crippen molar-refractivity contribution in [1.29, 1.82) is 0 Å². The maximum absolute atomic E-state index is 2.44. The molecule has 272 valence electrons. The van der Waals surface area contributed by atoms with Crippen molar-refractivity contribution in [3.05, 3.63) is 259 Å². The van der Waals surface area contributed by atoms with E-state index in [4.69, 9.17) is 0 Å². The van der Waals surface area contributed by atoms with Gasteiger partial charge in [-0.2, -0.15) is 0 Å². The van der Waals surface area contributed by atoms with Gasteiger partial charge in [-0.25, -0.2) is 0 Å². The van der Waals surface area contributed by atoms with Crippen LogP contribution in [0.4, 0.5) is 17.1 Å². The van der Waals surface area contributed by atoms with Gasteiger partial charge in [-0.1, -0.05) is 200 Å². The minimum atomic E-state index is -0.476. The predicted molar refractivity (Wildman–Crippen MR) is 244 cm³/mol. The van der Waals surface area contributed by atoms with Gasteiger partial charge < -0.3 is 4.90 Å². The molecule has 1 aliphatic carbocycles. The highest BCUT2D eigenvalue weighted by Gasteiger charge is 2.47. The Morgan fingerprint density at radius 3 is 1.55 bits per heavy atom. The van der Waals surface area contributed by atoms with Gasteiger partial charge >= 0.3 is 0 Å². The fourth-order valence-electron chi connectivity index (χ4n) is 9.62. The second-order valence-corrected chi connectivity index (χ2v) is 15.2. The molecule has 0 atom stereocenters. The largest absolute Gasteiger partial charge is 0.310 e. The van der Waals surface area contributed by atoms with Crippen LogP contribution in [-0.2, 0) is 5.41 Å². The topological polar surface area (TPSA) is 3.24 Å². The number of rotatable bonds is 7. The van der Waals surface area contributed by atoms with Crippen molar-refractivity contribution < 1.29 is 0 Å². The molecule has 0 N–H and O–H groups in total. The van der Waals surface area contributed by atoms with E-state index in [0.29, 0.717) is 0 Å². The second-order valence-electron chi connectivity index (χ2n) is 15.2. The minimum Gasteiger partial charge on any atom is -0.310 e. The van der Waals surface area contributed by atoms with E-state index in [0.717, 1.165) is 17.1 Å². The molecule has 0 saturated carbocycles. The van der Waals surface area contributed by atoms with E-state index in [2.05, 4.69) is 241 Å². The zero-order valence-corrected chi connectivity index (χ0v) is 32.0. The Hall–Kier alpha value is -7.48. The predicted octanol–water partition coefficient (Wildman–Crippen LogP) is 15.2. The lowest BCUT2D eigenvalue weighted by molar-refractivity contribution is 0.768. The number of anilines is 3. The smallest absolute Gasteiger partial charge is 0.0714 e. The third kappa shape index (κ3) is 5.32. The van der Waals surface area contributed by atoms with Gasteiger partial charge in [0.25, 0.3) is 0 Å². The average molecular weight is 738 g/mol. The summed E-state index contributed by atoms with van der Waals surface area (Å²) in [5, 5.41) is 5.09. The van der Waals surface area contributed by atoms with Crippen LogP contribution < -0.4 is 4.90 Å². The van der Waals surface area contributed by atoms with Gasteiger partial charge in [0.15, 0.2) is 0 Å². The summed E-state index contributed by atoms with van der Waals surface area (Å²) < 4.78 is 0. The summed E-state index contributed by atoms with van der Waals surface area (Å²) in [6.45, 7) is 0. The van der Waals surface area contributed by atoms with Crippen molar-refractivity contribution >= 4 is 38.6 Å². The molecule has 0 saturated heterocycles. The molecule has 0 spiro atoms. The average Bonchev–Trinajstić information content (AvgIpc) is 3.62. The summed E-state index contributed by atoms with van der Waals surface area (Å²) in [7, 11) is 0. The number of fused-ring (bicyclic) bond motifs is 6. The molecule has 10 aromatic rings. The molecule has 58 heavy (non-hydrogen) atoms. The maximum atomic E-state index is 2.44. The molecule has 0 fully saturated rings. The van der Waals surface area contributed by atoms with Crippen LogP contribution >= 0.6 is 0 Å². The van der Waals surface area contributed by atoms with E-state index < -0.39 is 5.41 Å². The Morgan fingerprint density at radius 2 is 0.828 bits per heavy atom. The van der Waals surface area contributed by atoms with Crippen molar-refractivity contribution in [3.63, 3.8) is 0 Å². The van der Waals surface area contributed by atoms with E-state index in [1.807, 2.05) is 0 Å². The SMILES string of the molecule is c1ccc(N(c2ccc(-c3ccccc3-c3ccc4c(ccc5ccccc54)c3)cc2)c2cccc3c2-c2ccccc2C3(c2ccccc2)c2ccccc2)cc1. The first-order valence-electron chi connectivity index (χ1n) is 20.1. The standard InChI is InChI=1S/C57H39N/c1-4-18-44(19-5-1)57(45-20-6-2-7-21-45)53-28-15-14-27-52(53)56-54(57)29-16-30-55(56)58(46-22-8-3-9-23-46)47-36-33-41(34-37-47)49-25-12-13-26-50(49)43-35-38-51-42(39-43)32-31-40-17-10-11-24-48(40)51/h1-39H. The number of nitrogens with zero attached hydrogens (tertiary/aromatic N) is 1. The van der Waals surface area contributed by atoms with Gasteiger partial charge in [0.05, 0.1) is 11.1 Å². The Bertz CT molecular complexity index is 3050.